The maximum Gasteiger partial charge on any atom is 0.231 e. The van der Waals surface area contributed by atoms with E-state index in [-0.39, 0.29) is 24.7 Å². The van der Waals surface area contributed by atoms with Crippen LogP contribution in [0.15, 0.2) is 48.5 Å². The summed E-state index contributed by atoms with van der Waals surface area (Å²) in [7, 11) is 1.88. The molecule has 2 aliphatic heterocycles. The lowest BCUT2D eigenvalue weighted by molar-refractivity contribution is -0.130. The summed E-state index contributed by atoms with van der Waals surface area (Å²) in [5, 5.41) is 0. The summed E-state index contributed by atoms with van der Waals surface area (Å²) in [4.78, 5) is 14.9. The molecule has 0 aromatic heterocycles. The zero-order valence-corrected chi connectivity index (χ0v) is 16.4. The molecule has 1 fully saturated rings. The van der Waals surface area contributed by atoms with E-state index in [9.17, 15) is 4.79 Å². The first-order chi connectivity index (χ1) is 13.6. The molecule has 3 unspecified atom stereocenters. The highest BCUT2D eigenvalue weighted by atomic mass is 16.7. The normalized spacial score (nSPS) is 21.5. The molecule has 4 rings (SSSR count). The minimum atomic E-state index is -0.0285. The van der Waals surface area contributed by atoms with E-state index >= 15 is 0 Å². The standard InChI is InChI=1S/C22H27N3O3/c1-15-10-18(24-23-15)13-25(2)22(26)12-19(16-6-4-3-5-7-16)17-8-9-20-21(11-17)28-14-27-20/h3-9,11,15,18-19,23-24H,10,12-14H2,1-2H3. The number of rotatable bonds is 6. The van der Waals surface area contributed by atoms with Gasteiger partial charge in [-0.2, -0.15) is 0 Å². The van der Waals surface area contributed by atoms with Gasteiger partial charge in [0.2, 0.25) is 12.7 Å². The summed E-state index contributed by atoms with van der Waals surface area (Å²) < 4.78 is 11.0. The largest absolute Gasteiger partial charge is 0.454 e. The van der Waals surface area contributed by atoms with Gasteiger partial charge in [0.1, 0.15) is 0 Å². The summed E-state index contributed by atoms with van der Waals surface area (Å²) in [5.74, 6) is 1.61. The fourth-order valence-corrected chi connectivity index (χ4v) is 3.93. The smallest absolute Gasteiger partial charge is 0.231 e. The minimum absolute atomic E-state index is 0.0285. The zero-order valence-electron chi connectivity index (χ0n) is 16.4. The number of nitrogens with zero attached hydrogens (tertiary/aromatic N) is 1. The van der Waals surface area contributed by atoms with Crippen molar-refractivity contribution in [2.24, 2.45) is 0 Å². The number of likely N-dealkylation sites (N-methyl/N-ethyl adjacent to an activating group) is 1. The van der Waals surface area contributed by atoms with Crippen LogP contribution in [-0.4, -0.2) is 43.3 Å². The topological polar surface area (TPSA) is 62.8 Å². The van der Waals surface area contributed by atoms with Crippen molar-refractivity contribution in [3.63, 3.8) is 0 Å². The van der Waals surface area contributed by atoms with E-state index in [4.69, 9.17) is 9.47 Å². The number of fused-ring (bicyclic) bond motifs is 1. The van der Waals surface area contributed by atoms with Crippen LogP contribution in [0, 0.1) is 0 Å². The number of benzene rings is 2. The molecule has 0 spiro atoms. The molecular formula is C22H27N3O3. The molecule has 6 heteroatoms. The van der Waals surface area contributed by atoms with Crippen LogP contribution in [0.2, 0.25) is 0 Å². The van der Waals surface area contributed by atoms with Crippen molar-refractivity contribution < 1.29 is 14.3 Å². The van der Waals surface area contributed by atoms with E-state index in [0.717, 1.165) is 29.0 Å². The number of hydrogen-bond acceptors (Lipinski definition) is 5. The summed E-state index contributed by atoms with van der Waals surface area (Å²) >= 11 is 0. The van der Waals surface area contributed by atoms with Gasteiger partial charge < -0.3 is 14.4 Å². The van der Waals surface area contributed by atoms with Gasteiger partial charge in [-0.25, -0.2) is 0 Å². The second kappa shape index (κ2) is 8.20. The van der Waals surface area contributed by atoms with Gasteiger partial charge in [0.05, 0.1) is 0 Å². The van der Waals surface area contributed by atoms with E-state index in [1.165, 1.54) is 0 Å². The highest BCUT2D eigenvalue weighted by molar-refractivity contribution is 5.77. The van der Waals surface area contributed by atoms with Gasteiger partial charge in [-0.3, -0.25) is 15.6 Å². The third-order valence-corrected chi connectivity index (χ3v) is 5.47. The Bertz CT molecular complexity index is 827. The van der Waals surface area contributed by atoms with Crippen LogP contribution in [0.1, 0.15) is 36.8 Å². The molecule has 2 N–H and O–H groups in total. The Morgan fingerprint density at radius 1 is 1.11 bits per heavy atom. The van der Waals surface area contributed by atoms with Gasteiger partial charge in [-0.15, -0.1) is 0 Å². The SMILES string of the molecule is CC1CC(CN(C)C(=O)CC(c2ccccc2)c2ccc3c(c2)OCO3)NN1. The zero-order chi connectivity index (χ0) is 19.5. The summed E-state index contributed by atoms with van der Waals surface area (Å²) in [6, 6.07) is 16.8. The van der Waals surface area contributed by atoms with Gasteiger partial charge in [0, 0.05) is 38.0 Å². The molecule has 3 atom stereocenters. The molecule has 6 nitrogen and oxygen atoms in total. The van der Waals surface area contributed by atoms with Gasteiger partial charge in [0.15, 0.2) is 11.5 Å². The first-order valence-corrected chi connectivity index (χ1v) is 9.79. The lowest BCUT2D eigenvalue weighted by Gasteiger charge is -2.24. The first-order valence-electron chi connectivity index (χ1n) is 9.79. The van der Waals surface area contributed by atoms with E-state index in [1.54, 1.807) is 0 Å². The minimum Gasteiger partial charge on any atom is -0.454 e. The van der Waals surface area contributed by atoms with Crippen molar-refractivity contribution in [1.82, 2.24) is 15.8 Å². The van der Waals surface area contributed by atoms with Crippen LogP contribution in [-0.2, 0) is 4.79 Å². The summed E-state index contributed by atoms with van der Waals surface area (Å²) in [6.07, 6.45) is 1.43. The maximum absolute atomic E-state index is 13.0. The molecule has 2 heterocycles. The predicted octanol–water partition coefficient (Wildman–Crippen LogP) is 2.65. The van der Waals surface area contributed by atoms with Crippen LogP contribution < -0.4 is 20.3 Å². The molecule has 0 bridgehead atoms. The second-order valence-corrected chi connectivity index (χ2v) is 7.68. The predicted molar refractivity (Wildman–Crippen MR) is 107 cm³/mol. The Hall–Kier alpha value is -2.57. The van der Waals surface area contributed by atoms with E-state index in [1.807, 2.05) is 48.3 Å². The molecular weight excluding hydrogens is 354 g/mol. The molecule has 28 heavy (non-hydrogen) atoms. The molecule has 2 aliphatic rings. The average molecular weight is 381 g/mol. The molecule has 2 aromatic carbocycles. The third-order valence-electron chi connectivity index (χ3n) is 5.47. The van der Waals surface area contributed by atoms with Crippen molar-refractivity contribution in [2.45, 2.75) is 37.8 Å². The van der Waals surface area contributed by atoms with E-state index < -0.39 is 0 Å². The monoisotopic (exact) mass is 381 g/mol. The molecule has 148 valence electrons. The second-order valence-electron chi connectivity index (χ2n) is 7.68. The number of ether oxygens (including phenoxy) is 2. The Labute approximate surface area is 165 Å². The molecule has 0 radical (unpaired) electrons. The highest BCUT2D eigenvalue weighted by Crippen LogP contribution is 2.37. The molecule has 2 aromatic rings. The summed E-state index contributed by atoms with van der Waals surface area (Å²) in [5.41, 5.74) is 8.66. The van der Waals surface area contributed by atoms with Crippen molar-refractivity contribution in [2.75, 3.05) is 20.4 Å². The number of nitrogens with one attached hydrogen (secondary N) is 2. The quantitative estimate of drug-likeness (QED) is 0.806. The molecule has 1 saturated heterocycles. The number of carbonyl (C=O) groups excluding carboxylic acids is 1. The van der Waals surface area contributed by atoms with E-state index in [2.05, 4.69) is 29.9 Å². The fraction of sp³-hybridized carbons (Fsp3) is 0.409. The lowest BCUT2D eigenvalue weighted by Crippen LogP contribution is -2.41. The van der Waals surface area contributed by atoms with E-state index in [0.29, 0.717) is 19.0 Å². The maximum atomic E-state index is 13.0. The average Bonchev–Trinajstić information content (AvgIpc) is 3.34. The Kier molecular flexibility index (Phi) is 5.50. The van der Waals surface area contributed by atoms with Crippen molar-refractivity contribution in [1.29, 1.82) is 0 Å². The van der Waals surface area contributed by atoms with Crippen LogP contribution >= 0.6 is 0 Å². The van der Waals surface area contributed by atoms with Gasteiger partial charge in [0.25, 0.3) is 0 Å². The van der Waals surface area contributed by atoms with Crippen LogP contribution in [0.5, 0.6) is 11.5 Å². The van der Waals surface area contributed by atoms with Gasteiger partial charge in [-0.1, -0.05) is 36.4 Å². The number of amides is 1. The summed E-state index contributed by atoms with van der Waals surface area (Å²) in [6.45, 7) is 3.08. The Morgan fingerprint density at radius 3 is 2.64 bits per heavy atom. The van der Waals surface area contributed by atoms with Gasteiger partial charge >= 0.3 is 0 Å². The van der Waals surface area contributed by atoms with Crippen molar-refractivity contribution >= 4 is 5.91 Å². The molecule has 0 aliphatic carbocycles. The van der Waals surface area contributed by atoms with Crippen LogP contribution in [0.25, 0.3) is 0 Å². The van der Waals surface area contributed by atoms with Crippen LogP contribution in [0.4, 0.5) is 0 Å². The third kappa shape index (κ3) is 4.13. The molecule has 1 amide bonds. The van der Waals surface area contributed by atoms with Crippen molar-refractivity contribution in [3.8, 4) is 11.5 Å². The van der Waals surface area contributed by atoms with Crippen molar-refractivity contribution in [3.05, 3.63) is 59.7 Å². The number of carbonyl (C=O) groups is 1. The van der Waals surface area contributed by atoms with Crippen LogP contribution in [0.3, 0.4) is 0 Å². The Morgan fingerprint density at radius 2 is 1.89 bits per heavy atom. The Balaban J connectivity index is 1.52. The first kappa shape index (κ1) is 18.8. The number of hydrazine groups is 1. The fourth-order valence-electron chi connectivity index (χ4n) is 3.93. The number of hydrogen-bond donors (Lipinski definition) is 2. The van der Waals surface area contributed by atoms with Gasteiger partial charge in [-0.05, 0) is 36.6 Å². The highest BCUT2D eigenvalue weighted by Gasteiger charge is 2.26. The molecule has 0 saturated carbocycles. The lowest BCUT2D eigenvalue weighted by atomic mass is 9.88.